The van der Waals surface area contributed by atoms with Gasteiger partial charge >= 0.3 is 0 Å². The molecule has 2 aliphatic rings. The van der Waals surface area contributed by atoms with Gasteiger partial charge in [-0.3, -0.25) is 4.90 Å². The zero-order valence-electron chi connectivity index (χ0n) is 11.1. The lowest BCUT2D eigenvalue weighted by molar-refractivity contribution is 0.0360. The van der Waals surface area contributed by atoms with Crippen LogP contribution in [0, 0.1) is 0 Å². The molecule has 2 N–H and O–H groups in total. The van der Waals surface area contributed by atoms with E-state index in [-0.39, 0.29) is 5.54 Å². The number of nitrogens with zero attached hydrogens (tertiary/aromatic N) is 1. The summed E-state index contributed by atoms with van der Waals surface area (Å²) in [7, 11) is 0. The van der Waals surface area contributed by atoms with E-state index in [1.165, 1.54) is 44.9 Å². The van der Waals surface area contributed by atoms with Crippen LogP contribution in [0.1, 0.15) is 50.7 Å². The first kappa shape index (κ1) is 12.2. The first-order chi connectivity index (χ1) is 8.84. The molecular formula is C15H24N2O. The second kappa shape index (κ2) is 5.06. The molecule has 2 fully saturated rings. The topological polar surface area (TPSA) is 42.4 Å². The molecule has 18 heavy (non-hydrogen) atoms. The molecule has 0 radical (unpaired) electrons. The third kappa shape index (κ3) is 2.34. The van der Waals surface area contributed by atoms with Crippen molar-refractivity contribution in [3.63, 3.8) is 0 Å². The van der Waals surface area contributed by atoms with Gasteiger partial charge in [-0.25, -0.2) is 0 Å². The quantitative estimate of drug-likeness (QED) is 0.871. The van der Waals surface area contributed by atoms with Crippen molar-refractivity contribution in [2.24, 2.45) is 5.73 Å². The van der Waals surface area contributed by atoms with Crippen molar-refractivity contribution >= 4 is 0 Å². The molecule has 3 heteroatoms. The molecule has 0 aromatic carbocycles. The molecule has 2 aliphatic carbocycles. The van der Waals surface area contributed by atoms with E-state index in [0.29, 0.717) is 0 Å². The molecular weight excluding hydrogens is 224 g/mol. The van der Waals surface area contributed by atoms with Gasteiger partial charge in [-0.05, 0) is 37.8 Å². The zero-order chi connectivity index (χ0) is 12.4. The van der Waals surface area contributed by atoms with Gasteiger partial charge in [-0.1, -0.05) is 19.3 Å². The number of hydrogen-bond donors (Lipinski definition) is 1. The lowest BCUT2D eigenvalue weighted by atomic mass is 9.80. The Bertz CT molecular complexity index is 364. The van der Waals surface area contributed by atoms with E-state index in [0.717, 1.165) is 24.9 Å². The molecule has 0 bridgehead atoms. The lowest BCUT2D eigenvalue weighted by Gasteiger charge is -2.46. The Kier molecular flexibility index (Phi) is 3.44. The number of nitrogens with two attached hydrogens (primary N) is 1. The summed E-state index contributed by atoms with van der Waals surface area (Å²) in [5.74, 6) is 1.08. The molecule has 0 amide bonds. The normalized spacial score (nSPS) is 23.4. The summed E-state index contributed by atoms with van der Waals surface area (Å²) in [5, 5.41) is 0. The number of hydrogen-bond acceptors (Lipinski definition) is 3. The van der Waals surface area contributed by atoms with Gasteiger partial charge in [-0.2, -0.15) is 0 Å². The predicted molar refractivity (Wildman–Crippen MR) is 72.1 cm³/mol. The Morgan fingerprint density at radius 2 is 2.06 bits per heavy atom. The number of furan rings is 1. The van der Waals surface area contributed by atoms with Crippen molar-refractivity contribution in [3.05, 3.63) is 24.2 Å². The minimum Gasteiger partial charge on any atom is -0.468 e. The molecule has 0 saturated heterocycles. The maximum Gasteiger partial charge on any atom is 0.117 e. The van der Waals surface area contributed by atoms with Crippen LogP contribution in [-0.4, -0.2) is 23.0 Å². The maximum atomic E-state index is 6.16. The summed E-state index contributed by atoms with van der Waals surface area (Å²) >= 11 is 0. The van der Waals surface area contributed by atoms with E-state index in [9.17, 15) is 0 Å². The fourth-order valence-electron chi connectivity index (χ4n) is 3.46. The molecule has 1 heterocycles. The highest BCUT2D eigenvalue weighted by atomic mass is 16.3. The maximum absolute atomic E-state index is 6.16. The van der Waals surface area contributed by atoms with E-state index in [2.05, 4.69) is 11.0 Å². The van der Waals surface area contributed by atoms with Crippen molar-refractivity contribution in [3.8, 4) is 0 Å². The first-order valence-corrected chi connectivity index (χ1v) is 7.33. The van der Waals surface area contributed by atoms with Gasteiger partial charge in [0, 0.05) is 18.1 Å². The fourth-order valence-corrected chi connectivity index (χ4v) is 3.46. The van der Waals surface area contributed by atoms with E-state index < -0.39 is 0 Å². The van der Waals surface area contributed by atoms with Gasteiger partial charge in [0.25, 0.3) is 0 Å². The van der Waals surface area contributed by atoms with E-state index in [4.69, 9.17) is 10.2 Å². The van der Waals surface area contributed by atoms with Crippen LogP contribution in [0.15, 0.2) is 22.8 Å². The Hall–Kier alpha value is -0.800. The SMILES string of the molecule is NCC1(N(Cc2ccco2)C2CC2)CCCCC1. The highest BCUT2D eigenvalue weighted by Gasteiger charge is 2.44. The third-order valence-corrected chi connectivity index (χ3v) is 4.67. The smallest absolute Gasteiger partial charge is 0.117 e. The summed E-state index contributed by atoms with van der Waals surface area (Å²) in [6, 6.07) is 4.82. The van der Waals surface area contributed by atoms with Gasteiger partial charge in [0.15, 0.2) is 0 Å². The summed E-state index contributed by atoms with van der Waals surface area (Å²) in [6.45, 7) is 1.74. The largest absolute Gasteiger partial charge is 0.468 e. The molecule has 0 unspecified atom stereocenters. The van der Waals surface area contributed by atoms with Crippen molar-refractivity contribution in [1.29, 1.82) is 0 Å². The van der Waals surface area contributed by atoms with Gasteiger partial charge in [0.1, 0.15) is 5.76 Å². The highest BCUT2D eigenvalue weighted by Crippen LogP contribution is 2.41. The van der Waals surface area contributed by atoms with Crippen molar-refractivity contribution < 1.29 is 4.42 Å². The fraction of sp³-hybridized carbons (Fsp3) is 0.733. The first-order valence-electron chi connectivity index (χ1n) is 7.33. The average Bonchev–Trinajstić information content (AvgIpc) is 3.13. The zero-order valence-corrected chi connectivity index (χ0v) is 11.1. The molecule has 0 atom stereocenters. The van der Waals surface area contributed by atoms with Crippen LogP contribution in [0.5, 0.6) is 0 Å². The second-order valence-electron chi connectivity index (χ2n) is 5.93. The Morgan fingerprint density at radius 3 is 2.61 bits per heavy atom. The summed E-state index contributed by atoms with van der Waals surface area (Å²) in [6.07, 6.45) is 11.0. The monoisotopic (exact) mass is 248 g/mol. The Morgan fingerprint density at radius 1 is 1.28 bits per heavy atom. The summed E-state index contributed by atoms with van der Waals surface area (Å²) < 4.78 is 5.54. The van der Waals surface area contributed by atoms with Crippen LogP contribution in [0.4, 0.5) is 0 Å². The molecule has 2 saturated carbocycles. The molecule has 0 aliphatic heterocycles. The summed E-state index contributed by atoms with van der Waals surface area (Å²) in [4.78, 5) is 2.66. The van der Waals surface area contributed by atoms with Crippen LogP contribution in [-0.2, 0) is 6.54 Å². The van der Waals surface area contributed by atoms with Crippen LogP contribution in [0.3, 0.4) is 0 Å². The van der Waals surface area contributed by atoms with Gasteiger partial charge in [0.05, 0.1) is 12.8 Å². The number of rotatable bonds is 5. The minimum atomic E-state index is 0.242. The van der Waals surface area contributed by atoms with E-state index >= 15 is 0 Å². The minimum absolute atomic E-state index is 0.242. The van der Waals surface area contributed by atoms with Gasteiger partial charge in [0.2, 0.25) is 0 Å². The van der Waals surface area contributed by atoms with Gasteiger partial charge in [-0.15, -0.1) is 0 Å². The van der Waals surface area contributed by atoms with Crippen molar-refractivity contribution in [2.75, 3.05) is 6.54 Å². The van der Waals surface area contributed by atoms with Crippen LogP contribution in [0.2, 0.25) is 0 Å². The van der Waals surface area contributed by atoms with Crippen molar-refractivity contribution in [2.45, 2.75) is 63.1 Å². The standard InChI is InChI=1S/C15H24N2O/c16-12-15(8-2-1-3-9-15)17(13-6-7-13)11-14-5-4-10-18-14/h4-5,10,13H,1-3,6-9,11-12,16H2. The van der Waals surface area contributed by atoms with Gasteiger partial charge < -0.3 is 10.2 Å². The molecule has 3 nitrogen and oxygen atoms in total. The van der Waals surface area contributed by atoms with Crippen LogP contribution in [0.25, 0.3) is 0 Å². The third-order valence-electron chi connectivity index (χ3n) is 4.67. The summed E-state index contributed by atoms with van der Waals surface area (Å²) in [5.41, 5.74) is 6.40. The van der Waals surface area contributed by atoms with E-state index in [1.54, 1.807) is 6.26 Å². The average molecular weight is 248 g/mol. The molecule has 100 valence electrons. The molecule has 0 spiro atoms. The second-order valence-corrected chi connectivity index (χ2v) is 5.93. The van der Waals surface area contributed by atoms with Crippen molar-refractivity contribution in [1.82, 2.24) is 4.90 Å². The van der Waals surface area contributed by atoms with Crippen LogP contribution >= 0.6 is 0 Å². The predicted octanol–water partition coefficient (Wildman–Crippen LogP) is 2.91. The molecule has 3 rings (SSSR count). The van der Waals surface area contributed by atoms with Crippen LogP contribution < -0.4 is 5.73 Å². The highest BCUT2D eigenvalue weighted by molar-refractivity contribution is 5.05. The van der Waals surface area contributed by atoms with E-state index in [1.807, 2.05) is 6.07 Å². The Balaban J connectivity index is 1.78. The molecule has 1 aromatic rings. The molecule has 1 aromatic heterocycles. The lowest BCUT2D eigenvalue weighted by Crippen LogP contribution is -2.55. The Labute approximate surface area is 109 Å².